The summed E-state index contributed by atoms with van der Waals surface area (Å²) in [5.74, 6) is 0.691. The predicted octanol–water partition coefficient (Wildman–Crippen LogP) is 0.925. The first-order valence-electron chi connectivity index (χ1n) is 7.29. The minimum atomic E-state index is -0.138. The van der Waals surface area contributed by atoms with E-state index in [2.05, 4.69) is 32.4 Å². The Bertz CT molecular complexity index is 752. The van der Waals surface area contributed by atoms with Crippen LogP contribution in [0.25, 0.3) is 5.82 Å². The fraction of sp³-hybridized carbons (Fsp3) is 0.267. The Kier molecular flexibility index (Phi) is 4.41. The van der Waals surface area contributed by atoms with Gasteiger partial charge in [0.2, 0.25) is 0 Å². The quantitative estimate of drug-likeness (QED) is 0.731. The predicted molar refractivity (Wildman–Crippen MR) is 82.9 cm³/mol. The molecule has 3 aromatic heterocycles. The number of nitrogens with one attached hydrogen (secondary N) is 1. The van der Waals surface area contributed by atoms with Gasteiger partial charge in [-0.05, 0) is 24.1 Å². The Balaban J connectivity index is 1.59. The fourth-order valence-electron chi connectivity index (χ4n) is 2.17. The van der Waals surface area contributed by atoms with Crippen molar-refractivity contribution in [2.24, 2.45) is 5.92 Å². The van der Waals surface area contributed by atoms with Crippen molar-refractivity contribution in [3.63, 3.8) is 0 Å². The summed E-state index contributed by atoms with van der Waals surface area (Å²) in [5.41, 5.74) is 0.539. The number of pyridine rings is 1. The smallest absolute Gasteiger partial charge is 0.251 e. The molecule has 0 aliphatic carbocycles. The van der Waals surface area contributed by atoms with Crippen LogP contribution in [0.5, 0.6) is 0 Å². The van der Waals surface area contributed by atoms with E-state index < -0.39 is 0 Å². The van der Waals surface area contributed by atoms with Crippen LogP contribution in [0.2, 0.25) is 0 Å². The molecular weight excluding hydrogens is 294 g/mol. The lowest BCUT2D eigenvalue weighted by Crippen LogP contribution is -2.30. The maximum absolute atomic E-state index is 12.3. The number of nitrogens with zero attached hydrogens (tertiary/aromatic N) is 6. The zero-order chi connectivity index (χ0) is 16.1. The van der Waals surface area contributed by atoms with Crippen LogP contribution in [0.3, 0.4) is 0 Å². The van der Waals surface area contributed by atoms with Crippen LogP contribution in [-0.2, 0) is 6.54 Å². The molecule has 0 radical (unpaired) electrons. The SMILES string of the molecule is C[C@H](CNC(=O)c1ccnc(-n2cncn2)c1)Cn1cccn1. The molecule has 8 heteroatoms. The molecule has 0 unspecified atom stereocenters. The second kappa shape index (κ2) is 6.82. The highest BCUT2D eigenvalue weighted by atomic mass is 16.1. The van der Waals surface area contributed by atoms with Crippen LogP contribution in [0.4, 0.5) is 0 Å². The molecule has 0 spiro atoms. The lowest BCUT2D eigenvalue weighted by Gasteiger charge is -2.13. The van der Waals surface area contributed by atoms with Gasteiger partial charge in [-0.25, -0.2) is 14.6 Å². The number of hydrogen-bond donors (Lipinski definition) is 1. The van der Waals surface area contributed by atoms with E-state index in [0.29, 0.717) is 17.9 Å². The summed E-state index contributed by atoms with van der Waals surface area (Å²) in [5, 5.41) is 11.1. The highest BCUT2D eigenvalue weighted by Gasteiger charge is 2.10. The Morgan fingerprint density at radius 3 is 3.00 bits per heavy atom. The minimum Gasteiger partial charge on any atom is -0.352 e. The molecule has 1 atom stereocenters. The molecule has 0 aliphatic rings. The average Bonchev–Trinajstić information content (AvgIpc) is 3.26. The van der Waals surface area contributed by atoms with Crippen LogP contribution in [-0.4, -0.2) is 42.0 Å². The molecule has 23 heavy (non-hydrogen) atoms. The van der Waals surface area contributed by atoms with E-state index in [1.807, 2.05) is 16.9 Å². The third-order valence-electron chi connectivity index (χ3n) is 3.33. The molecule has 0 bridgehead atoms. The molecule has 0 saturated heterocycles. The van der Waals surface area contributed by atoms with E-state index in [1.54, 1.807) is 24.5 Å². The summed E-state index contributed by atoms with van der Waals surface area (Å²) in [7, 11) is 0. The third-order valence-corrected chi connectivity index (χ3v) is 3.33. The lowest BCUT2D eigenvalue weighted by atomic mass is 10.1. The number of aromatic nitrogens is 6. The van der Waals surface area contributed by atoms with Crippen molar-refractivity contribution < 1.29 is 4.79 Å². The van der Waals surface area contributed by atoms with Crippen LogP contribution in [0.15, 0.2) is 49.4 Å². The summed E-state index contributed by atoms with van der Waals surface area (Å²) in [6.45, 7) is 3.39. The molecule has 0 saturated carbocycles. The van der Waals surface area contributed by atoms with Gasteiger partial charge in [0.15, 0.2) is 5.82 Å². The van der Waals surface area contributed by atoms with Gasteiger partial charge in [-0.2, -0.15) is 10.2 Å². The van der Waals surface area contributed by atoms with Crippen LogP contribution in [0, 0.1) is 5.92 Å². The van der Waals surface area contributed by atoms with Crippen LogP contribution in [0.1, 0.15) is 17.3 Å². The first-order valence-corrected chi connectivity index (χ1v) is 7.29. The average molecular weight is 311 g/mol. The number of carbonyl (C=O) groups excluding carboxylic acids is 1. The van der Waals surface area contributed by atoms with Gasteiger partial charge >= 0.3 is 0 Å². The topological polar surface area (TPSA) is 90.5 Å². The normalized spacial score (nSPS) is 12.0. The van der Waals surface area contributed by atoms with Gasteiger partial charge in [0.1, 0.15) is 12.7 Å². The van der Waals surface area contributed by atoms with Crippen molar-refractivity contribution >= 4 is 5.91 Å². The maximum atomic E-state index is 12.3. The molecule has 3 rings (SSSR count). The summed E-state index contributed by atoms with van der Waals surface area (Å²) >= 11 is 0. The molecule has 0 aromatic carbocycles. The van der Waals surface area contributed by atoms with Crippen molar-refractivity contribution in [1.82, 2.24) is 34.8 Å². The summed E-state index contributed by atoms with van der Waals surface area (Å²) < 4.78 is 3.36. The number of rotatable bonds is 6. The minimum absolute atomic E-state index is 0.138. The third kappa shape index (κ3) is 3.79. The van der Waals surface area contributed by atoms with Gasteiger partial charge in [-0.3, -0.25) is 9.48 Å². The Morgan fingerprint density at radius 2 is 2.26 bits per heavy atom. The largest absolute Gasteiger partial charge is 0.352 e. The molecule has 1 amide bonds. The zero-order valence-electron chi connectivity index (χ0n) is 12.7. The van der Waals surface area contributed by atoms with Crippen LogP contribution >= 0.6 is 0 Å². The van der Waals surface area contributed by atoms with E-state index in [0.717, 1.165) is 6.54 Å². The van der Waals surface area contributed by atoms with Crippen molar-refractivity contribution in [2.45, 2.75) is 13.5 Å². The van der Waals surface area contributed by atoms with E-state index in [9.17, 15) is 4.79 Å². The molecular formula is C15H17N7O. The first-order chi connectivity index (χ1) is 11.2. The number of amides is 1. The number of hydrogen-bond acceptors (Lipinski definition) is 5. The van der Waals surface area contributed by atoms with Gasteiger partial charge in [0.25, 0.3) is 5.91 Å². The summed E-state index contributed by atoms with van der Waals surface area (Å²) in [6, 6.07) is 5.24. The fourth-order valence-corrected chi connectivity index (χ4v) is 2.17. The van der Waals surface area contributed by atoms with E-state index in [1.165, 1.54) is 17.3 Å². The van der Waals surface area contributed by atoms with E-state index >= 15 is 0 Å². The van der Waals surface area contributed by atoms with Gasteiger partial charge in [-0.1, -0.05) is 6.92 Å². The first kappa shape index (κ1) is 14.9. The lowest BCUT2D eigenvalue weighted by molar-refractivity contribution is 0.0946. The number of carbonyl (C=O) groups is 1. The Morgan fingerprint density at radius 1 is 1.35 bits per heavy atom. The van der Waals surface area contributed by atoms with Gasteiger partial charge < -0.3 is 5.32 Å². The second-order valence-electron chi connectivity index (χ2n) is 5.29. The Hall–Kier alpha value is -3.03. The van der Waals surface area contributed by atoms with Crippen molar-refractivity contribution in [2.75, 3.05) is 6.54 Å². The second-order valence-corrected chi connectivity index (χ2v) is 5.29. The molecule has 0 fully saturated rings. The van der Waals surface area contributed by atoms with E-state index in [-0.39, 0.29) is 11.8 Å². The molecule has 3 heterocycles. The zero-order valence-corrected chi connectivity index (χ0v) is 12.7. The van der Waals surface area contributed by atoms with Crippen molar-refractivity contribution in [1.29, 1.82) is 0 Å². The summed E-state index contributed by atoms with van der Waals surface area (Å²) in [6.07, 6.45) is 8.19. The highest BCUT2D eigenvalue weighted by molar-refractivity contribution is 5.94. The summed E-state index contributed by atoms with van der Waals surface area (Å²) in [4.78, 5) is 20.3. The van der Waals surface area contributed by atoms with Crippen molar-refractivity contribution in [3.8, 4) is 5.82 Å². The molecule has 1 N–H and O–H groups in total. The van der Waals surface area contributed by atoms with E-state index in [4.69, 9.17) is 0 Å². The molecule has 0 aliphatic heterocycles. The maximum Gasteiger partial charge on any atom is 0.251 e. The molecule has 3 aromatic rings. The Labute approximate surface area is 133 Å². The highest BCUT2D eigenvalue weighted by Crippen LogP contribution is 2.06. The van der Waals surface area contributed by atoms with Crippen molar-refractivity contribution in [3.05, 3.63) is 55.0 Å². The molecule has 118 valence electrons. The monoisotopic (exact) mass is 311 g/mol. The van der Waals surface area contributed by atoms with Crippen LogP contribution < -0.4 is 5.32 Å². The molecule has 8 nitrogen and oxygen atoms in total. The van der Waals surface area contributed by atoms with Gasteiger partial charge in [-0.15, -0.1) is 0 Å². The van der Waals surface area contributed by atoms with Gasteiger partial charge in [0, 0.05) is 37.2 Å². The van der Waals surface area contributed by atoms with Gasteiger partial charge in [0.05, 0.1) is 0 Å². The standard InChI is InChI=1S/C15H17N7O/c1-12(9-21-6-2-4-19-21)8-18-15(23)13-3-5-17-14(7-13)22-11-16-10-20-22/h2-7,10-12H,8-9H2,1H3,(H,18,23)/t12-/m1/s1.